The fourth-order valence-corrected chi connectivity index (χ4v) is 5.16. The molecule has 0 radical (unpaired) electrons. The van der Waals surface area contributed by atoms with E-state index in [-0.39, 0.29) is 29.3 Å². The van der Waals surface area contributed by atoms with Crippen LogP contribution < -0.4 is 11.1 Å². The Kier molecular flexibility index (Phi) is 6.13. The van der Waals surface area contributed by atoms with Crippen molar-refractivity contribution >= 4 is 21.8 Å². The molecule has 3 N–H and O–H groups in total. The van der Waals surface area contributed by atoms with Crippen LogP contribution in [-0.2, 0) is 14.8 Å². The third-order valence-corrected chi connectivity index (χ3v) is 7.00. The van der Waals surface area contributed by atoms with Crippen LogP contribution in [0.3, 0.4) is 0 Å². The second kappa shape index (κ2) is 8.37. The van der Waals surface area contributed by atoms with Crippen molar-refractivity contribution in [2.75, 3.05) is 32.7 Å². The first-order chi connectivity index (χ1) is 12.9. The van der Waals surface area contributed by atoms with Crippen molar-refractivity contribution < 1.29 is 18.0 Å². The van der Waals surface area contributed by atoms with E-state index in [4.69, 9.17) is 5.73 Å². The predicted octanol–water partition coefficient (Wildman–Crippen LogP) is 0.151. The summed E-state index contributed by atoms with van der Waals surface area (Å²) in [5.41, 5.74) is 5.55. The van der Waals surface area contributed by atoms with E-state index in [0.29, 0.717) is 31.7 Å². The molecular weight excluding hydrogens is 368 g/mol. The topological polar surface area (TPSA) is 113 Å². The van der Waals surface area contributed by atoms with Crippen molar-refractivity contribution in [1.29, 1.82) is 0 Å². The molecule has 0 bridgehead atoms. The lowest BCUT2D eigenvalue weighted by molar-refractivity contribution is -0.119. The Labute approximate surface area is 159 Å². The molecule has 1 aromatic carbocycles. The number of benzene rings is 1. The Morgan fingerprint density at radius 1 is 1.11 bits per heavy atom. The molecule has 0 aromatic heterocycles. The quantitative estimate of drug-likeness (QED) is 0.713. The fraction of sp³-hybridized carbons (Fsp3) is 0.556. The Morgan fingerprint density at radius 2 is 1.78 bits per heavy atom. The molecule has 0 aliphatic carbocycles. The molecule has 0 spiro atoms. The largest absolute Gasteiger partial charge is 0.369 e. The first-order valence-corrected chi connectivity index (χ1v) is 10.7. The summed E-state index contributed by atoms with van der Waals surface area (Å²) < 4.78 is 26.8. The standard InChI is InChI=1S/C18H26N4O4S/c19-17(23)13-21-10-6-15(7-11-21)20-18(24)14-4-3-5-16(12-14)27(25,26)22-8-1-2-9-22/h3-5,12,15H,1-2,6-11,13H2,(H2,19,23)(H,20,24). The van der Waals surface area contributed by atoms with E-state index in [1.54, 1.807) is 12.1 Å². The highest BCUT2D eigenvalue weighted by atomic mass is 32.2. The summed E-state index contributed by atoms with van der Waals surface area (Å²) in [7, 11) is -3.54. The van der Waals surface area contributed by atoms with Crippen molar-refractivity contribution in [3.63, 3.8) is 0 Å². The van der Waals surface area contributed by atoms with Crippen LogP contribution in [0.2, 0.25) is 0 Å². The third kappa shape index (κ3) is 4.85. The Bertz CT molecular complexity index is 797. The first kappa shape index (κ1) is 19.8. The average molecular weight is 394 g/mol. The Morgan fingerprint density at radius 3 is 2.41 bits per heavy atom. The second-order valence-electron chi connectivity index (χ2n) is 7.13. The van der Waals surface area contributed by atoms with Gasteiger partial charge in [-0.1, -0.05) is 6.07 Å². The second-order valence-corrected chi connectivity index (χ2v) is 9.07. The molecule has 27 heavy (non-hydrogen) atoms. The van der Waals surface area contributed by atoms with Gasteiger partial charge in [-0.2, -0.15) is 4.31 Å². The summed E-state index contributed by atoms with van der Waals surface area (Å²) in [6.45, 7) is 2.68. The molecule has 3 rings (SSSR count). The number of primary amides is 1. The number of carbonyl (C=O) groups is 2. The van der Waals surface area contributed by atoms with Gasteiger partial charge in [0.05, 0.1) is 11.4 Å². The van der Waals surface area contributed by atoms with Crippen molar-refractivity contribution in [2.24, 2.45) is 5.73 Å². The third-order valence-electron chi connectivity index (χ3n) is 5.10. The lowest BCUT2D eigenvalue weighted by Crippen LogP contribution is -2.46. The normalized spacial score (nSPS) is 19.9. The number of likely N-dealkylation sites (tertiary alicyclic amines) is 1. The van der Waals surface area contributed by atoms with E-state index >= 15 is 0 Å². The summed E-state index contributed by atoms with van der Waals surface area (Å²) in [5.74, 6) is -0.629. The number of nitrogens with zero attached hydrogens (tertiary/aromatic N) is 2. The van der Waals surface area contributed by atoms with E-state index in [1.807, 2.05) is 4.90 Å². The zero-order chi connectivity index (χ0) is 19.4. The minimum absolute atomic E-state index is 0.000437. The molecule has 2 aliphatic heterocycles. The molecular formula is C18H26N4O4S. The monoisotopic (exact) mass is 394 g/mol. The number of sulfonamides is 1. The van der Waals surface area contributed by atoms with Crippen LogP contribution >= 0.6 is 0 Å². The van der Waals surface area contributed by atoms with Gasteiger partial charge in [-0.05, 0) is 43.9 Å². The highest BCUT2D eigenvalue weighted by molar-refractivity contribution is 7.89. The molecule has 2 heterocycles. The molecule has 8 nitrogen and oxygen atoms in total. The highest BCUT2D eigenvalue weighted by Gasteiger charge is 2.28. The van der Waals surface area contributed by atoms with Crippen LogP contribution in [0, 0.1) is 0 Å². The number of amides is 2. The van der Waals surface area contributed by atoms with Crippen LogP contribution in [0.15, 0.2) is 29.2 Å². The molecule has 0 atom stereocenters. The zero-order valence-electron chi connectivity index (χ0n) is 15.3. The van der Waals surface area contributed by atoms with Gasteiger partial charge < -0.3 is 11.1 Å². The number of hydrogen-bond donors (Lipinski definition) is 2. The smallest absolute Gasteiger partial charge is 0.251 e. The van der Waals surface area contributed by atoms with Gasteiger partial charge in [0.2, 0.25) is 15.9 Å². The van der Waals surface area contributed by atoms with Crippen molar-refractivity contribution in [1.82, 2.24) is 14.5 Å². The van der Waals surface area contributed by atoms with Gasteiger partial charge in [-0.25, -0.2) is 8.42 Å². The van der Waals surface area contributed by atoms with Crippen molar-refractivity contribution in [3.8, 4) is 0 Å². The summed E-state index contributed by atoms with van der Waals surface area (Å²) in [4.78, 5) is 25.7. The molecule has 2 aliphatic rings. The SMILES string of the molecule is NC(=O)CN1CCC(NC(=O)c2cccc(S(=O)(=O)N3CCCC3)c2)CC1. The van der Waals surface area contributed by atoms with Crippen LogP contribution in [0.25, 0.3) is 0 Å². The van der Waals surface area contributed by atoms with Gasteiger partial charge in [0.1, 0.15) is 0 Å². The Balaban J connectivity index is 1.62. The maximum atomic E-state index is 12.7. The number of nitrogens with one attached hydrogen (secondary N) is 1. The maximum absolute atomic E-state index is 12.7. The van der Waals surface area contributed by atoms with Crippen LogP contribution in [0.4, 0.5) is 0 Å². The minimum Gasteiger partial charge on any atom is -0.369 e. The fourth-order valence-electron chi connectivity index (χ4n) is 3.60. The number of rotatable bonds is 6. The maximum Gasteiger partial charge on any atom is 0.251 e. The number of nitrogens with two attached hydrogens (primary N) is 1. The predicted molar refractivity (Wildman–Crippen MR) is 101 cm³/mol. The van der Waals surface area contributed by atoms with Crippen molar-refractivity contribution in [3.05, 3.63) is 29.8 Å². The lowest BCUT2D eigenvalue weighted by atomic mass is 10.0. The number of hydrogen-bond acceptors (Lipinski definition) is 5. The van der Waals surface area contributed by atoms with E-state index in [0.717, 1.165) is 25.7 Å². The summed E-state index contributed by atoms with van der Waals surface area (Å²) in [6, 6.07) is 6.21. The van der Waals surface area contributed by atoms with Crippen LogP contribution in [-0.4, -0.2) is 68.2 Å². The summed E-state index contributed by atoms with van der Waals surface area (Å²) >= 11 is 0. The van der Waals surface area contributed by atoms with E-state index in [2.05, 4.69) is 5.32 Å². The van der Waals surface area contributed by atoms with E-state index < -0.39 is 10.0 Å². The summed E-state index contributed by atoms with van der Waals surface area (Å²) in [5, 5.41) is 2.97. The van der Waals surface area contributed by atoms with Gasteiger partial charge >= 0.3 is 0 Å². The number of piperidine rings is 1. The van der Waals surface area contributed by atoms with Crippen LogP contribution in [0.1, 0.15) is 36.0 Å². The molecule has 148 valence electrons. The van der Waals surface area contributed by atoms with Crippen LogP contribution in [0.5, 0.6) is 0 Å². The van der Waals surface area contributed by atoms with Crippen molar-refractivity contribution in [2.45, 2.75) is 36.6 Å². The first-order valence-electron chi connectivity index (χ1n) is 9.28. The zero-order valence-corrected chi connectivity index (χ0v) is 16.1. The summed E-state index contributed by atoms with van der Waals surface area (Å²) in [6.07, 6.45) is 3.19. The molecule has 0 saturated carbocycles. The minimum atomic E-state index is -3.54. The molecule has 1 aromatic rings. The average Bonchev–Trinajstić information content (AvgIpc) is 3.18. The number of carbonyl (C=O) groups excluding carboxylic acids is 2. The Hall–Kier alpha value is -1.97. The molecule has 0 unspecified atom stereocenters. The van der Waals surface area contributed by atoms with Gasteiger partial charge in [0.25, 0.3) is 5.91 Å². The molecule has 9 heteroatoms. The van der Waals surface area contributed by atoms with Gasteiger partial charge in [-0.3, -0.25) is 14.5 Å². The van der Waals surface area contributed by atoms with Gasteiger partial charge in [0, 0.05) is 37.8 Å². The lowest BCUT2D eigenvalue weighted by Gasteiger charge is -2.31. The van der Waals surface area contributed by atoms with E-state index in [1.165, 1.54) is 16.4 Å². The molecule has 2 amide bonds. The van der Waals surface area contributed by atoms with E-state index in [9.17, 15) is 18.0 Å². The van der Waals surface area contributed by atoms with Gasteiger partial charge in [-0.15, -0.1) is 0 Å². The molecule has 2 saturated heterocycles. The highest BCUT2D eigenvalue weighted by Crippen LogP contribution is 2.21. The molecule has 2 fully saturated rings. The van der Waals surface area contributed by atoms with Gasteiger partial charge in [0.15, 0.2) is 0 Å².